The minimum atomic E-state index is -0.769. The number of fused-ring (bicyclic) bond motifs is 2. The zero-order valence-electron chi connectivity index (χ0n) is 14.6. The molecule has 0 saturated heterocycles. The topological polar surface area (TPSA) is 101 Å². The van der Waals surface area contributed by atoms with Crippen LogP contribution in [0.15, 0.2) is 71.6 Å². The van der Waals surface area contributed by atoms with Crippen LogP contribution < -0.4 is 5.73 Å². The maximum Gasteiger partial charge on any atom is 0.340 e. The fourth-order valence-corrected chi connectivity index (χ4v) is 3.55. The number of carbonyl (C=O) groups excluding carboxylic acids is 2. The van der Waals surface area contributed by atoms with E-state index in [2.05, 4.69) is 4.98 Å². The molecule has 3 unspecified atom stereocenters. The molecule has 3 atom stereocenters. The summed E-state index contributed by atoms with van der Waals surface area (Å²) in [5.74, 6) is -1.93. The van der Waals surface area contributed by atoms with Gasteiger partial charge in [-0.3, -0.25) is 4.98 Å². The highest BCUT2D eigenvalue weighted by Crippen LogP contribution is 2.46. The molecule has 4 rings (SSSR count). The summed E-state index contributed by atoms with van der Waals surface area (Å²) in [5, 5.41) is 0. The molecule has 0 fully saturated rings. The van der Waals surface area contributed by atoms with Crippen LogP contribution in [0.5, 0.6) is 0 Å². The molecule has 7 heteroatoms. The molecule has 2 N–H and O–H groups in total. The van der Waals surface area contributed by atoms with Gasteiger partial charge in [0.15, 0.2) is 0 Å². The zero-order valence-corrected chi connectivity index (χ0v) is 14.6. The molecule has 1 aromatic rings. The molecule has 0 bridgehead atoms. The second-order valence-electron chi connectivity index (χ2n) is 6.26. The number of pyridine rings is 1. The Hall–Kier alpha value is -3.35. The second-order valence-corrected chi connectivity index (χ2v) is 6.26. The number of hydrogen-bond acceptors (Lipinski definition) is 7. The van der Waals surface area contributed by atoms with Gasteiger partial charge in [-0.15, -0.1) is 0 Å². The minimum Gasteiger partial charge on any atom is -0.462 e. The van der Waals surface area contributed by atoms with Crippen LogP contribution in [0.2, 0.25) is 0 Å². The Morgan fingerprint density at radius 3 is 2.89 bits per heavy atom. The highest BCUT2D eigenvalue weighted by atomic mass is 16.6. The molecule has 3 heterocycles. The first-order valence-electron chi connectivity index (χ1n) is 8.66. The van der Waals surface area contributed by atoms with Crippen molar-refractivity contribution in [2.45, 2.75) is 18.9 Å². The number of esters is 2. The summed E-state index contributed by atoms with van der Waals surface area (Å²) < 4.78 is 16.5. The van der Waals surface area contributed by atoms with Crippen LogP contribution in [0, 0.1) is 5.92 Å². The Bertz CT molecular complexity index is 914. The summed E-state index contributed by atoms with van der Waals surface area (Å²) in [7, 11) is 0. The van der Waals surface area contributed by atoms with E-state index in [0.29, 0.717) is 11.3 Å². The van der Waals surface area contributed by atoms with Crippen LogP contribution in [0.4, 0.5) is 0 Å². The van der Waals surface area contributed by atoms with Gasteiger partial charge in [0.25, 0.3) is 0 Å². The lowest BCUT2D eigenvalue weighted by Crippen LogP contribution is -2.40. The summed E-state index contributed by atoms with van der Waals surface area (Å²) in [4.78, 5) is 29.6. The van der Waals surface area contributed by atoms with Gasteiger partial charge in [-0.25, -0.2) is 9.59 Å². The maximum atomic E-state index is 12.8. The smallest absolute Gasteiger partial charge is 0.340 e. The van der Waals surface area contributed by atoms with Gasteiger partial charge in [0.1, 0.15) is 17.4 Å². The Labute approximate surface area is 155 Å². The number of rotatable bonds is 3. The van der Waals surface area contributed by atoms with Crippen molar-refractivity contribution in [3.8, 4) is 0 Å². The second kappa shape index (κ2) is 6.75. The molecule has 27 heavy (non-hydrogen) atoms. The summed E-state index contributed by atoms with van der Waals surface area (Å²) in [6, 6.07) is 3.50. The Morgan fingerprint density at radius 1 is 1.33 bits per heavy atom. The van der Waals surface area contributed by atoms with Crippen molar-refractivity contribution in [2.24, 2.45) is 11.7 Å². The fourth-order valence-electron chi connectivity index (χ4n) is 3.55. The zero-order chi connectivity index (χ0) is 19.0. The van der Waals surface area contributed by atoms with Crippen molar-refractivity contribution in [3.63, 3.8) is 0 Å². The number of allylic oxidation sites excluding steroid dienone is 2. The highest BCUT2D eigenvalue weighted by Gasteiger charge is 2.47. The van der Waals surface area contributed by atoms with Gasteiger partial charge in [0.2, 0.25) is 5.88 Å². The number of nitrogens with zero attached hydrogens (tertiary/aromatic N) is 1. The largest absolute Gasteiger partial charge is 0.462 e. The van der Waals surface area contributed by atoms with Gasteiger partial charge in [0.05, 0.1) is 24.0 Å². The van der Waals surface area contributed by atoms with Crippen molar-refractivity contribution >= 4 is 11.9 Å². The van der Waals surface area contributed by atoms with Crippen LogP contribution in [-0.2, 0) is 23.8 Å². The Kier molecular flexibility index (Phi) is 4.27. The molecule has 138 valence electrons. The van der Waals surface area contributed by atoms with Gasteiger partial charge >= 0.3 is 11.9 Å². The average Bonchev–Trinajstić information content (AvgIpc) is 2.68. The van der Waals surface area contributed by atoms with E-state index in [0.717, 1.165) is 0 Å². The predicted octanol–water partition coefficient (Wildman–Crippen LogP) is 1.85. The molecule has 0 aromatic carbocycles. The third-order valence-corrected chi connectivity index (χ3v) is 4.69. The molecule has 7 nitrogen and oxygen atoms in total. The summed E-state index contributed by atoms with van der Waals surface area (Å²) in [6.45, 7) is 1.87. The molecule has 3 aliphatic rings. The molecular weight excluding hydrogens is 348 g/mol. The number of hydrogen-bond donors (Lipinski definition) is 1. The lowest BCUT2D eigenvalue weighted by molar-refractivity contribution is -0.147. The van der Waals surface area contributed by atoms with E-state index in [1.165, 1.54) is 0 Å². The standard InChI is InChI=1S/C20H18N2O5/c1-2-25-19(23)16-14(11-6-5-9-22-10-11)15-17(27-18(16)21)12-7-3-4-8-13(12)26-20(15)24/h3-10,12-14H,2,21H2,1H3. The van der Waals surface area contributed by atoms with Gasteiger partial charge in [-0.1, -0.05) is 24.3 Å². The van der Waals surface area contributed by atoms with Gasteiger partial charge in [-0.05, 0) is 24.6 Å². The van der Waals surface area contributed by atoms with E-state index in [9.17, 15) is 9.59 Å². The fraction of sp³-hybridized carbons (Fsp3) is 0.250. The first-order chi connectivity index (χ1) is 13.1. The third-order valence-electron chi connectivity index (χ3n) is 4.69. The first kappa shape index (κ1) is 17.1. The summed E-state index contributed by atoms with van der Waals surface area (Å²) >= 11 is 0. The predicted molar refractivity (Wildman–Crippen MR) is 94.6 cm³/mol. The average molecular weight is 366 g/mol. The minimum absolute atomic E-state index is 0.0718. The lowest BCUT2D eigenvalue weighted by Gasteiger charge is -2.38. The summed E-state index contributed by atoms with van der Waals surface area (Å²) in [6.07, 6.45) is 10.1. The number of carbonyl (C=O) groups is 2. The Morgan fingerprint density at radius 2 is 2.15 bits per heavy atom. The monoisotopic (exact) mass is 366 g/mol. The molecule has 2 aliphatic heterocycles. The van der Waals surface area contributed by atoms with E-state index in [-0.39, 0.29) is 29.6 Å². The van der Waals surface area contributed by atoms with E-state index < -0.39 is 24.0 Å². The quantitative estimate of drug-likeness (QED) is 0.815. The molecule has 0 saturated carbocycles. The van der Waals surface area contributed by atoms with Crippen molar-refractivity contribution in [3.05, 3.63) is 77.2 Å². The van der Waals surface area contributed by atoms with Gasteiger partial charge in [0, 0.05) is 12.4 Å². The lowest BCUT2D eigenvalue weighted by atomic mass is 9.78. The highest BCUT2D eigenvalue weighted by molar-refractivity contribution is 6.00. The number of nitrogens with two attached hydrogens (primary N) is 1. The van der Waals surface area contributed by atoms with E-state index in [4.69, 9.17) is 19.9 Å². The third kappa shape index (κ3) is 2.81. The van der Waals surface area contributed by atoms with Gasteiger partial charge in [-0.2, -0.15) is 0 Å². The molecule has 1 aromatic heterocycles. The van der Waals surface area contributed by atoms with E-state index in [1.807, 2.05) is 18.2 Å². The summed E-state index contributed by atoms with van der Waals surface area (Å²) in [5.41, 5.74) is 7.08. The van der Waals surface area contributed by atoms with Crippen LogP contribution in [-0.4, -0.2) is 29.6 Å². The molecule has 0 spiro atoms. The molecule has 0 radical (unpaired) electrons. The number of aromatic nitrogens is 1. The van der Waals surface area contributed by atoms with E-state index in [1.54, 1.807) is 37.5 Å². The molecule has 0 amide bonds. The van der Waals surface area contributed by atoms with Crippen molar-refractivity contribution in [2.75, 3.05) is 6.61 Å². The van der Waals surface area contributed by atoms with E-state index >= 15 is 0 Å². The number of ether oxygens (including phenoxy) is 3. The van der Waals surface area contributed by atoms with Crippen LogP contribution in [0.1, 0.15) is 18.4 Å². The SMILES string of the molecule is CCOC(=O)C1=C(N)OC2=C(C(=O)OC3C=CC=CC23)C1c1cccnc1. The molecule has 1 aliphatic carbocycles. The van der Waals surface area contributed by atoms with Crippen LogP contribution in [0.3, 0.4) is 0 Å². The Balaban J connectivity index is 1.89. The van der Waals surface area contributed by atoms with Gasteiger partial charge < -0.3 is 19.9 Å². The van der Waals surface area contributed by atoms with Crippen LogP contribution in [0.25, 0.3) is 0 Å². The normalized spacial score (nSPS) is 26.1. The maximum absolute atomic E-state index is 12.8. The van der Waals surface area contributed by atoms with Crippen molar-refractivity contribution < 1.29 is 23.8 Å². The van der Waals surface area contributed by atoms with Crippen molar-refractivity contribution in [1.29, 1.82) is 0 Å². The van der Waals surface area contributed by atoms with Crippen molar-refractivity contribution in [1.82, 2.24) is 4.98 Å². The molecular formula is C20H18N2O5. The first-order valence-corrected chi connectivity index (χ1v) is 8.66. The van der Waals surface area contributed by atoms with Crippen LogP contribution >= 0.6 is 0 Å².